The first-order valence-electron chi connectivity index (χ1n) is 5.89. The van der Waals surface area contributed by atoms with E-state index in [0.717, 1.165) is 0 Å². The average molecular weight is 238 g/mol. The number of carbonyl (C=O) groups is 1. The summed E-state index contributed by atoms with van der Waals surface area (Å²) >= 11 is 0. The molecule has 1 aromatic rings. The summed E-state index contributed by atoms with van der Waals surface area (Å²) in [6.45, 7) is 6.76. The third-order valence-corrected chi connectivity index (χ3v) is 1.81. The molecule has 1 rings (SSSR count). The van der Waals surface area contributed by atoms with Gasteiger partial charge in [0.05, 0.1) is 12.2 Å². The van der Waals surface area contributed by atoms with E-state index in [9.17, 15) is 4.79 Å². The molecule has 0 aliphatic rings. The summed E-state index contributed by atoms with van der Waals surface area (Å²) in [5.41, 5.74) is 0.614. The Morgan fingerprint density at radius 2 is 1.76 bits per heavy atom. The molecule has 0 fully saturated rings. The van der Waals surface area contributed by atoms with Crippen molar-refractivity contribution in [1.82, 2.24) is 0 Å². The first kappa shape index (κ1) is 15.7. The van der Waals surface area contributed by atoms with Crippen molar-refractivity contribution in [2.45, 2.75) is 27.2 Å². The molecular weight excluding hydrogens is 216 g/mol. The van der Waals surface area contributed by atoms with Crippen LogP contribution in [0, 0.1) is 0 Å². The molecule has 0 amide bonds. The van der Waals surface area contributed by atoms with E-state index in [4.69, 9.17) is 9.47 Å². The molecule has 0 aliphatic heterocycles. The summed E-state index contributed by atoms with van der Waals surface area (Å²) in [5, 5.41) is 0. The average Bonchev–Trinajstić information content (AvgIpc) is 2.31. The van der Waals surface area contributed by atoms with E-state index in [0.29, 0.717) is 24.5 Å². The van der Waals surface area contributed by atoms with Gasteiger partial charge >= 0.3 is 0 Å². The van der Waals surface area contributed by atoms with Gasteiger partial charge in [-0.2, -0.15) is 0 Å². The molecule has 0 saturated heterocycles. The quantitative estimate of drug-likeness (QED) is 0.583. The van der Waals surface area contributed by atoms with Crippen molar-refractivity contribution in [1.29, 1.82) is 0 Å². The molecule has 0 saturated carbocycles. The fraction of sp³-hybridized carbons (Fsp3) is 0.500. The molecule has 0 N–H and O–H groups in total. The third kappa shape index (κ3) is 6.74. The van der Waals surface area contributed by atoms with Crippen LogP contribution in [-0.4, -0.2) is 26.1 Å². The normalized spacial score (nSPS) is 9.18. The van der Waals surface area contributed by atoms with Crippen molar-refractivity contribution in [2.24, 2.45) is 0 Å². The van der Waals surface area contributed by atoms with Gasteiger partial charge in [-0.15, -0.1) is 0 Å². The summed E-state index contributed by atoms with van der Waals surface area (Å²) in [7, 11) is 1.61. The second-order valence-electron chi connectivity index (χ2n) is 3.60. The summed E-state index contributed by atoms with van der Waals surface area (Å²) in [5.74, 6) is 0.634. The largest absolute Gasteiger partial charge is 0.490 e. The summed E-state index contributed by atoms with van der Waals surface area (Å²) < 4.78 is 10.2. The Hall–Kier alpha value is -1.35. The Labute approximate surface area is 104 Å². The van der Waals surface area contributed by atoms with Crippen molar-refractivity contribution < 1.29 is 14.3 Å². The highest BCUT2D eigenvalue weighted by Gasteiger charge is 2.06. The molecule has 1 aromatic carbocycles. The number of ketones is 1. The zero-order valence-electron chi connectivity index (χ0n) is 11.2. The van der Waals surface area contributed by atoms with Crippen LogP contribution in [0.25, 0.3) is 0 Å². The Kier molecular flexibility index (Phi) is 9.06. The second kappa shape index (κ2) is 9.85. The number of methoxy groups -OCH3 is 1. The molecule has 0 heterocycles. The van der Waals surface area contributed by atoms with Crippen LogP contribution in [0.15, 0.2) is 24.3 Å². The SMILES string of the molecule is CCC.COCCOc1ccccc1C(C)=O. The minimum atomic E-state index is 0.0121. The Morgan fingerprint density at radius 1 is 1.18 bits per heavy atom. The van der Waals surface area contributed by atoms with E-state index in [1.807, 2.05) is 12.1 Å². The molecule has 3 heteroatoms. The monoisotopic (exact) mass is 238 g/mol. The smallest absolute Gasteiger partial charge is 0.163 e. The number of hydrogen-bond acceptors (Lipinski definition) is 3. The molecule has 0 aromatic heterocycles. The van der Waals surface area contributed by atoms with E-state index < -0.39 is 0 Å². The van der Waals surface area contributed by atoms with Crippen LogP contribution in [0.5, 0.6) is 5.75 Å². The number of para-hydroxylation sites is 1. The van der Waals surface area contributed by atoms with Gasteiger partial charge in [0.2, 0.25) is 0 Å². The highest BCUT2D eigenvalue weighted by molar-refractivity contribution is 5.96. The lowest BCUT2D eigenvalue weighted by Crippen LogP contribution is -2.07. The molecule has 0 atom stereocenters. The minimum Gasteiger partial charge on any atom is -0.490 e. The van der Waals surface area contributed by atoms with Gasteiger partial charge in [-0.1, -0.05) is 32.4 Å². The van der Waals surface area contributed by atoms with Crippen LogP contribution in [0.2, 0.25) is 0 Å². The van der Waals surface area contributed by atoms with E-state index in [1.165, 1.54) is 13.3 Å². The summed E-state index contributed by atoms with van der Waals surface area (Å²) in [4.78, 5) is 11.2. The number of rotatable bonds is 5. The molecular formula is C14H22O3. The topological polar surface area (TPSA) is 35.5 Å². The van der Waals surface area contributed by atoms with Gasteiger partial charge in [-0.25, -0.2) is 0 Å². The highest BCUT2D eigenvalue weighted by Crippen LogP contribution is 2.17. The van der Waals surface area contributed by atoms with Crippen LogP contribution in [0.4, 0.5) is 0 Å². The molecule has 0 bridgehead atoms. The van der Waals surface area contributed by atoms with Crippen LogP contribution >= 0.6 is 0 Å². The highest BCUT2D eigenvalue weighted by atomic mass is 16.5. The van der Waals surface area contributed by atoms with Crippen molar-refractivity contribution in [3.8, 4) is 5.75 Å². The fourth-order valence-electron chi connectivity index (χ4n) is 1.12. The molecule has 0 aliphatic carbocycles. The van der Waals surface area contributed by atoms with Gasteiger partial charge in [0, 0.05) is 7.11 Å². The van der Waals surface area contributed by atoms with Gasteiger partial charge < -0.3 is 9.47 Å². The maximum atomic E-state index is 11.2. The predicted octanol–water partition coefficient (Wildman–Crippen LogP) is 3.33. The second-order valence-corrected chi connectivity index (χ2v) is 3.60. The third-order valence-electron chi connectivity index (χ3n) is 1.81. The molecule has 3 nitrogen and oxygen atoms in total. The van der Waals surface area contributed by atoms with Crippen molar-refractivity contribution in [3.05, 3.63) is 29.8 Å². The molecule has 96 valence electrons. The van der Waals surface area contributed by atoms with E-state index in [2.05, 4.69) is 13.8 Å². The Balaban J connectivity index is 0.000000770. The van der Waals surface area contributed by atoms with E-state index in [-0.39, 0.29) is 5.78 Å². The number of Topliss-reactive ketones (excluding diaryl/α,β-unsaturated/α-hetero) is 1. The van der Waals surface area contributed by atoms with Gasteiger partial charge in [-0.3, -0.25) is 4.79 Å². The van der Waals surface area contributed by atoms with Gasteiger partial charge in [0.1, 0.15) is 12.4 Å². The van der Waals surface area contributed by atoms with Gasteiger partial charge in [0.25, 0.3) is 0 Å². The lowest BCUT2D eigenvalue weighted by molar-refractivity contribution is 0.100. The predicted molar refractivity (Wildman–Crippen MR) is 69.8 cm³/mol. The number of benzene rings is 1. The maximum absolute atomic E-state index is 11.2. The van der Waals surface area contributed by atoms with Crippen LogP contribution in [0.1, 0.15) is 37.6 Å². The fourth-order valence-corrected chi connectivity index (χ4v) is 1.12. The van der Waals surface area contributed by atoms with Crippen molar-refractivity contribution >= 4 is 5.78 Å². The first-order chi connectivity index (χ1) is 8.17. The first-order valence-corrected chi connectivity index (χ1v) is 5.89. The van der Waals surface area contributed by atoms with Gasteiger partial charge in [0.15, 0.2) is 5.78 Å². The van der Waals surface area contributed by atoms with E-state index in [1.54, 1.807) is 19.2 Å². The number of hydrogen-bond donors (Lipinski definition) is 0. The Bertz CT molecular complexity index is 321. The Morgan fingerprint density at radius 3 is 2.29 bits per heavy atom. The molecule has 0 radical (unpaired) electrons. The van der Waals surface area contributed by atoms with Crippen LogP contribution < -0.4 is 4.74 Å². The molecule has 0 spiro atoms. The molecule has 0 unspecified atom stereocenters. The summed E-state index contributed by atoms with van der Waals surface area (Å²) in [6.07, 6.45) is 1.25. The minimum absolute atomic E-state index is 0.0121. The zero-order chi connectivity index (χ0) is 13.1. The maximum Gasteiger partial charge on any atom is 0.163 e. The lowest BCUT2D eigenvalue weighted by Gasteiger charge is -2.08. The summed E-state index contributed by atoms with van der Waals surface area (Å²) in [6, 6.07) is 7.20. The lowest BCUT2D eigenvalue weighted by atomic mass is 10.1. The van der Waals surface area contributed by atoms with Crippen LogP contribution in [0.3, 0.4) is 0 Å². The number of ether oxygens (including phenoxy) is 2. The van der Waals surface area contributed by atoms with Crippen molar-refractivity contribution in [3.63, 3.8) is 0 Å². The van der Waals surface area contributed by atoms with Crippen molar-refractivity contribution in [2.75, 3.05) is 20.3 Å². The van der Waals surface area contributed by atoms with E-state index >= 15 is 0 Å². The standard InChI is InChI=1S/C11H14O3.C3H8/c1-9(12)10-5-3-4-6-11(10)14-8-7-13-2;1-3-2/h3-6H,7-8H2,1-2H3;3H2,1-2H3. The zero-order valence-corrected chi connectivity index (χ0v) is 11.2. The molecule has 17 heavy (non-hydrogen) atoms. The van der Waals surface area contributed by atoms with Gasteiger partial charge in [-0.05, 0) is 19.1 Å². The van der Waals surface area contributed by atoms with Crippen LogP contribution in [-0.2, 0) is 4.74 Å². The number of carbonyl (C=O) groups excluding carboxylic acids is 1.